The molecule has 3 aromatic rings. The third-order valence-corrected chi connectivity index (χ3v) is 3.67. The quantitative estimate of drug-likeness (QED) is 0.794. The number of aromatic nitrogens is 1. The molecule has 0 bridgehead atoms. The van der Waals surface area contributed by atoms with Gasteiger partial charge in [0.1, 0.15) is 5.75 Å². The molecule has 3 nitrogen and oxygen atoms in total. The minimum Gasteiger partial charge on any atom is -0.497 e. The van der Waals surface area contributed by atoms with Crippen LogP contribution in [0.3, 0.4) is 0 Å². The summed E-state index contributed by atoms with van der Waals surface area (Å²) in [5.41, 5.74) is 9.62. The van der Waals surface area contributed by atoms with Crippen molar-refractivity contribution in [2.75, 3.05) is 7.11 Å². The Bertz CT molecular complexity index is 738. The van der Waals surface area contributed by atoms with Crippen LogP contribution in [0.2, 0.25) is 0 Å². The molecule has 3 rings (SSSR count). The Balaban J connectivity index is 1.80. The zero-order valence-electron chi connectivity index (χ0n) is 12.0. The van der Waals surface area contributed by atoms with E-state index in [1.54, 1.807) is 13.3 Å². The van der Waals surface area contributed by atoms with Crippen LogP contribution < -0.4 is 10.5 Å². The van der Waals surface area contributed by atoms with Gasteiger partial charge in [0, 0.05) is 17.6 Å². The van der Waals surface area contributed by atoms with Crippen molar-refractivity contribution in [1.29, 1.82) is 0 Å². The second kappa shape index (κ2) is 5.94. The van der Waals surface area contributed by atoms with Crippen molar-refractivity contribution in [3.8, 4) is 5.75 Å². The lowest BCUT2D eigenvalue weighted by molar-refractivity contribution is 0.414. The average molecular weight is 278 g/mol. The smallest absolute Gasteiger partial charge is 0.118 e. The molecule has 0 fully saturated rings. The van der Waals surface area contributed by atoms with E-state index in [0.717, 1.165) is 28.6 Å². The standard InChI is InChI=1S/C18H18N2O/c1-21-16-8-4-13(5-9-16)11-17(19)15-7-6-14-3-2-10-20-18(14)12-15/h2-10,12,17H,11,19H2,1H3. The maximum atomic E-state index is 6.33. The van der Waals surface area contributed by atoms with E-state index in [2.05, 4.69) is 41.4 Å². The first-order chi connectivity index (χ1) is 10.3. The van der Waals surface area contributed by atoms with E-state index in [1.165, 1.54) is 5.56 Å². The molecular weight excluding hydrogens is 260 g/mol. The number of ether oxygens (including phenoxy) is 1. The summed E-state index contributed by atoms with van der Waals surface area (Å²) >= 11 is 0. The van der Waals surface area contributed by atoms with Crippen molar-refractivity contribution >= 4 is 10.9 Å². The van der Waals surface area contributed by atoms with Crippen LogP contribution in [0.4, 0.5) is 0 Å². The fraction of sp³-hybridized carbons (Fsp3) is 0.167. The van der Waals surface area contributed by atoms with Gasteiger partial charge >= 0.3 is 0 Å². The van der Waals surface area contributed by atoms with Gasteiger partial charge in [0.05, 0.1) is 12.6 Å². The maximum absolute atomic E-state index is 6.33. The number of rotatable bonds is 4. The van der Waals surface area contributed by atoms with Gasteiger partial charge in [-0.3, -0.25) is 4.98 Å². The summed E-state index contributed by atoms with van der Waals surface area (Å²) in [7, 11) is 1.67. The zero-order chi connectivity index (χ0) is 14.7. The van der Waals surface area contributed by atoms with Crippen LogP contribution >= 0.6 is 0 Å². The first-order valence-corrected chi connectivity index (χ1v) is 6.99. The highest BCUT2D eigenvalue weighted by Crippen LogP contribution is 2.21. The number of methoxy groups -OCH3 is 1. The fourth-order valence-corrected chi connectivity index (χ4v) is 2.45. The van der Waals surface area contributed by atoms with Crippen molar-refractivity contribution in [2.45, 2.75) is 12.5 Å². The van der Waals surface area contributed by atoms with Crippen LogP contribution in [0.25, 0.3) is 10.9 Å². The van der Waals surface area contributed by atoms with Crippen LogP contribution in [0.15, 0.2) is 60.8 Å². The lowest BCUT2D eigenvalue weighted by atomic mass is 9.98. The van der Waals surface area contributed by atoms with Crippen LogP contribution in [0.1, 0.15) is 17.2 Å². The van der Waals surface area contributed by atoms with E-state index in [4.69, 9.17) is 10.5 Å². The van der Waals surface area contributed by atoms with Crippen molar-refractivity contribution in [3.05, 3.63) is 71.9 Å². The summed E-state index contributed by atoms with van der Waals surface area (Å²) in [4.78, 5) is 4.38. The van der Waals surface area contributed by atoms with Crippen molar-refractivity contribution in [2.24, 2.45) is 5.73 Å². The van der Waals surface area contributed by atoms with E-state index in [1.807, 2.05) is 18.2 Å². The van der Waals surface area contributed by atoms with Gasteiger partial charge in [0.25, 0.3) is 0 Å². The molecule has 1 unspecified atom stereocenters. The normalized spacial score (nSPS) is 12.3. The van der Waals surface area contributed by atoms with Gasteiger partial charge in [-0.25, -0.2) is 0 Å². The second-order valence-electron chi connectivity index (χ2n) is 5.11. The third kappa shape index (κ3) is 3.03. The summed E-state index contributed by atoms with van der Waals surface area (Å²) in [5.74, 6) is 0.863. The van der Waals surface area contributed by atoms with Crippen LogP contribution in [0.5, 0.6) is 5.75 Å². The monoisotopic (exact) mass is 278 g/mol. The average Bonchev–Trinajstić information content (AvgIpc) is 2.55. The topological polar surface area (TPSA) is 48.1 Å². The Morgan fingerprint density at radius 1 is 1.10 bits per heavy atom. The summed E-state index contributed by atoms with van der Waals surface area (Å²) in [5, 5.41) is 1.14. The van der Waals surface area contributed by atoms with Gasteiger partial charge in [-0.05, 0) is 41.8 Å². The largest absolute Gasteiger partial charge is 0.497 e. The molecule has 21 heavy (non-hydrogen) atoms. The highest BCUT2D eigenvalue weighted by atomic mass is 16.5. The number of nitrogens with two attached hydrogens (primary N) is 1. The molecule has 3 heteroatoms. The molecule has 0 aliphatic carbocycles. The van der Waals surface area contributed by atoms with Gasteiger partial charge < -0.3 is 10.5 Å². The minimum atomic E-state index is -0.0372. The number of hydrogen-bond acceptors (Lipinski definition) is 3. The number of benzene rings is 2. The molecule has 0 saturated carbocycles. The number of fused-ring (bicyclic) bond motifs is 1. The van der Waals surface area contributed by atoms with Crippen LogP contribution in [0, 0.1) is 0 Å². The van der Waals surface area contributed by atoms with E-state index in [0.29, 0.717) is 0 Å². The number of hydrogen-bond donors (Lipinski definition) is 1. The summed E-state index contributed by atoms with van der Waals surface area (Å²) in [6.07, 6.45) is 2.60. The van der Waals surface area contributed by atoms with Gasteiger partial charge in [0.15, 0.2) is 0 Å². The van der Waals surface area contributed by atoms with E-state index in [9.17, 15) is 0 Å². The highest BCUT2D eigenvalue weighted by Gasteiger charge is 2.08. The van der Waals surface area contributed by atoms with Crippen LogP contribution in [-0.2, 0) is 6.42 Å². The highest BCUT2D eigenvalue weighted by molar-refractivity contribution is 5.79. The first kappa shape index (κ1) is 13.6. The molecule has 2 aromatic carbocycles. The number of nitrogens with zero attached hydrogens (tertiary/aromatic N) is 1. The molecule has 1 aromatic heterocycles. The van der Waals surface area contributed by atoms with E-state index >= 15 is 0 Å². The molecule has 1 atom stereocenters. The Labute approximate surface area is 124 Å². The summed E-state index contributed by atoms with van der Waals surface area (Å²) < 4.78 is 5.17. The molecule has 0 amide bonds. The minimum absolute atomic E-state index is 0.0372. The van der Waals surface area contributed by atoms with Crippen molar-refractivity contribution in [3.63, 3.8) is 0 Å². The van der Waals surface area contributed by atoms with Crippen molar-refractivity contribution < 1.29 is 4.74 Å². The molecule has 0 aliphatic heterocycles. The molecule has 0 radical (unpaired) electrons. The predicted octanol–water partition coefficient (Wildman–Crippen LogP) is 3.49. The third-order valence-electron chi connectivity index (χ3n) is 3.67. The predicted molar refractivity (Wildman–Crippen MR) is 85.4 cm³/mol. The van der Waals surface area contributed by atoms with Crippen LogP contribution in [-0.4, -0.2) is 12.1 Å². The molecular formula is C18H18N2O. The fourth-order valence-electron chi connectivity index (χ4n) is 2.45. The molecule has 1 heterocycles. The van der Waals surface area contributed by atoms with E-state index in [-0.39, 0.29) is 6.04 Å². The zero-order valence-corrected chi connectivity index (χ0v) is 12.0. The SMILES string of the molecule is COc1ccc(CC(N)c2ccc3cccnc3c2)cc1. The summed E-state index contributed by atoms with van der Waals surface area (Å²) in [6, 6.07) is 18.2. The van der Waals surface area contributed by atoms with Gasteiger partial charge in [0.2, 0.25) is 0 Å². The number of pyridine rings is 1. The second-order valence-corrected chi connectivity index (χ2v) is 5.11. The Morgan fingerprint density at radius 2 is 1.90 bits per heavy atom. The Kier molecular flexibility index (Phi) is 3.84. The lowest BCUT2D eigenvalue weighted by Gasteiger charge is -2.13. The van der Waals surface area contributed by atoms with Gasteiger partial charge in [-0.2, -0.15) is 0 Å². The lowest BCUT2D eigenvalue weighted by Crippen LogP contribution is -2.13. The Hall–Kier alpha value is -2.39. The molecule has 2 N–H and O–H groups in total. The molecule has 0 aliphatic rings. The summed E-state index contributed by atoms with van der Waals surface area (Å²) in [6.45, 7) is 0. The van der Waals surface area contributed by atoms with Gasteiger partial charge in [-0.15, -0.1) is 0 Å². The molecule has 0 saturated heterocycles. The maximum Gasteiger partial charge on any atom is 0.118 e. The first-order valence-electron chi connectivity index (χ1n) is 6.99. The molecule has 0 spiro atoms. The molecule has 106 valence electrons. The van der Waals surface area contributed by atoms with E-state index < -0.39 is 0 Å². The Morgan fingerprint density at radius 3 is 2.67 bits per heavy atom. The van der Waals surface area contributed by atoms with Crippen molar-refractivity contribution in [1.82, 2.24) is 4.98 Å². The van der Waals surface area contributed by atoms with Gasteiger partial charge in [-0.1, -0.05) is 30.3 Å².